The Morgan fingerprint density at radius 2 is 2.18 bits per heavy atom. The molecule has 1 unspecified atom stereocenters. The van der Waals surface area contributed by atoms with Crippen LogP contribution in [-0.2, 0) is 16.1 Å². The van der Waals surface area contributed by atoms with Crippen molar-refractivity contribution in [2.24, 2.45) is 5.92 Å². The summed E-state index contributed by atoms with van der Waals surface area (Å²) in [4.78, 5) is 11.1. The minimum atomic E-state index is -0.603. The molecular weight excluding hydrogens is 228 g/mol. The third-order valence-electron chi connectivity index (χ3n) is 2.38. The molecule has 0 aliphatic heterocycles. The van der Waals surface area contributed by atoms with Crippen molar-refractivity contribution in [2.75, 3.05) is 13.7 Å². The van der Waals surface area contributed by atoms with Crippen LogP contribution in [0.1, 0.15) is 12.5 Å². The first-order chi connectivity index (χ1) is 8.04. The van der Waals surface area contributed by atoms with Gasteiger partial charge in [0.05, 0.1) is 13.0 Å². The molecule has 0 aliphatic rings. The van der Waals surface area contributed by atoms with Gasteiger partial charge in [-0.15, -0.1) is 0 Å². The molecule has 0 saturated carbocycles. The number of hydrogen-bond donors (Lipinski definition) is 1. The molecule has 0 bridgehead atoms. The molecular formula is C12H15F2NO2. The van der Waals surface area contributed by atoms with Gasteiger partial charge in [-0.05, 0) is 6.07 Å². The van der Waals surface area contributed by atoms with E-state index in [9.17, 15) is 13.6 Å². The summed E-state index contributed by atoms with van der Waals surface area (Å²) in [6, 6.07) is 3.41. The number of carbonyl (C=O) groups excluding carboxylic acids is 1. The van der Waals surface area contributed by atoms with Gasteiger partial charge in [-0.1, -0.05) is 13.0 Å². The molecule has 17 heavy (non-hydrogen) atoms. The number of rotatable bonds is 5. The summed E-state index contributed by atoms with van der Waals surface area (Å²) in [5, 5.41) is 2.91. The van der Waals surface area contributed by atoms with Crippen LogP contribution in [0.3, 0.4) is 0 Å². The van der Waals surface area contributed by atoms with Crippen LogP contribution in [0.15, 0.2) is 18.2 Å². The zero-order valence-electron chi connectivity index (χ0n) is 9.80. The van der Waals surface area contributed by atoms with Crippen LogP contribution >= 0.6 is 0 Å². The van der Waals surface area contributed by atoms with Crippen molar-refractivity contribution in [3.63, 3.8) is 0 Å². The third kappa shape index (κ3) is 4.11. The van der Waals surface area contributed by atoms with Gasteiger partial charge < -0.3 is 10.1 Å². The highest BCUT2D eigenvalue weighted by atomic mass is 19.1. The lowest BCUT2D eigenvalue weighted by Crippen LogP contribution is -2.27. The lowest BCUT2D eigenvalue weighted by atomic mass is 10.1. The lowest BCUT2D eigenvalue weighted by molar-refractivity contribution is -0.144. The smallest absolute Gasteiger partial charge is 0.309 e. The predicted molar refractivity (Wildman–Crippen MR) is 59.2 cm³/mol. The number of halogens is 2. The fourth-order valence-electron chi connectivity index (χ4n) is 1.37. The minimum Gasteiger partial charge on any atom is -0.469 e. The SMILES string of the molecule is COC(=O)C(C)CNCc1ccc(F)cc1F. The second-order valence-corrected chi connectivity index (χ2v) is 3.79. The summed E-state index contributed by atoms with van der Waals surface area (Å²) < 4.78 is 30.4. The molecule has 0 saturated heterocycles. The van der Waals surface area contributed by atoms with Crippen LogP contribution in [-0.4, -0.2) is 19.6 Å². The number of nitrogens with one attached hydrogen (secondary N) is 1. The number of benzene rings is 1. The van der Waals surface area contributed by atoms with Crippen molar-refractivity contribution in [3.05, 3.63) is 35.4 Å². The van der Waals surface area contributed by atoms with Crippen molar-refractivity contribution < 1.29 is 18.3 Å². The Morgan fingerprint density at radius 3 is 2.76 bits per heavy atom. The maximum atomic E-state index is 13.2. The average molecular weight is 243 g/mol. The van der Waals surface area contributed by atoms with Gasteiger partial charge in [0.2, 0.25) is 0 Å². The molecule has 0 aliphatic carbocycles. The van der Waals surface area contributed by atoms with E-state index in [0.29, 0.717) is 12.1 Å². The largest absolute Gasteiger partial charge is 0.469 e. The van der Waals surface area contributed by atoms with Crippen LogP contribution in [0.5, 0.6) is 0 Å². The molecule has 0 aromatic heterocycles. The van der Waals surface area contributed by atoms with Gasteiger partial charge in [0.25, 0.3) is 0 Å². The summed E-state index contributed by atoms with van der Waals surface area (Å²) in [6.45, 7) is 2.33. The Morgan fingerprint density at radius 1 is 1.47 bits per heavy atom. The van der Waals surface area contributed by atoms with Crippen LogP contribution in [0.25, 0.3) is 0 Å². The van der Waals surface area contributed by atoms with Crippen molar-refractivity contribution in [1.29, 1.82) is 0 Å². The molecule has 3 nitrogen and oxygen atoms in total. The van der Waals surface area contributed by atoms with Gasteiger partial charge in [-0.2, -0.15) is 0 Å². The fraction of sp³-hybridized carbons (Fsp3) is 0.417. The molecule has 1 aromatic rings. The number of hydrogen-bond acceptors (Lipinski definition) is 3. The van der Waals surface area contributed by atoms with Gasteiger partial charge in [0.15, 0.2) is 0 Å². The Balaban J connectivity index is 2.43. The summed E-state index contributed by atoms with van der Waals surface area (Å²) in [5.74, 6) is -1.82. The molecule has 94 valence electrons. The van der Waals surface area contributed by atoms with Crippen LogP contribution < -0.4 is 5.32 Å². The summed E-state index contributed by atoms with van der Waals surface area (Å²) in [6.07, 6.45) is 0. The van der Waals surface area contributed by atoms with E-state index in [0.717, 1.165) is 6.07 Å². The molecule has 0 spiro atoms. The second kappa shape index (κ2) is 6.30. The molecule has 0 radical (unpaired) electrons. The van der Waals surface area contributed by atoms with E-state index in [2.05, 4.69) is 10.1 Å². The van der Waals surface area contributed by atoms with E-state index in [4.69, 9.17) is 0 Å². The first-order valence-electron chi connectivity index (χ1n) is 5.27. The molecule has 1 aromatic carbocycles. The Hall–Kier alpha value is -1.49. The first-order valence-corrected chi connectivity index (χ1v) is 5.27. The van der Waals surface area contributed by atoms with Gasteiger partial charge >= 0.3 is 5.97 Å². The van der Waals surface area contributed by atoms with E-state index in [1.54, 1.807) is 6.92 Å². The third-order valence-corrected chi connectivity index (χ3v) is 2.38. The highest BCUT2D eigenvalue weighted by Crippen LogP contribution is 2.09. The van der Waals surface area contributed by atoms with Crippen LogP contribution in [0.2, 0.25) is 0 Å². The van der Waals surface area contributed by atoms with Gasteiger partial charge in [0.1, 0.15) is 11.6 Å². The van der Waals surface area contributed by atoms with Crippen molar-refractivity contribution >= 4 is 5.97 Å². The van der Waals surface area contributed by atoms with Crippen LogP contribution in [0, 0.1) is 17.6 Å². The summed E-state index contributed by atoms with van der Waals surface area (Å²) in [5.41, 5.74) is 0.364. The van der Waals surface area contributed by atoms with E-state index in [-0.39, 0.29) is 18.4 Å². The number of ether oxygens (including phenoxy) is 1. The predicted octanol–water partition coefficient (Wildman–Crippen LogP) is 1.86. The Labute approximate surface area is 98.8 Å². The van der Waals surface area contributed by atoms with E-state index >= 15 is 0 Å². The molecule has 1 N–H and O–H groups in total. The van der Waals surface area contributed by atoms with E-state index in [1.165, 1.54) is 19.2 Å². The normalized spacial score (nSPS) is 12.2. The topological polar surface area (TPSA) is 38.3 Å². The highest BCUT2D eigenvalue weighted by Gasteiger charge is 2.12. The highest BCUT2D eigenvalue weighted by molar-refractivity contribution is 5.72. The molecule has 0 fully saturated rings. The second-order valence-electron chi connectivity index (χ2n) is 3.79. The molecule has 0 amide bonds. The van der Waals surface area contributed by atoms with Gasteiger partial charge in [0, 0.05) is 24.7 Å². The molecule has 5 heteroatoms. The fourth-order valence-corrected chi connectivity index (χ4v) is 1.37. The quantitative estimate of drug-likeness (QED) is 0.802. The Bertz CT molecular complexity index is 396. The molecule has 1 rings (SSSR count). The lowest BCUT2D eigenvalue weighted by Gasteiger charge is -2.10. The number of esters is 1. The average Bonchev–Trinajstić information content (AvgIpc) is 2.30. The Kier molecular flexibility index (Phi) is 5.03. The van der Waals surface area contributed by atoms with Gasteiger partial charge in [-0.3, -0.25) is 4.79 Å². The van der Waals surface area contributed by atoms with Crippen molar-refractivity contribution in [3.8, 4) is 0 Å². The maximum absolute atomic E-state index is 13.2. The monoisotopic (exact) mass is 243 g/mol. The van der Waals surface area contributed by atoms with Gasteiger partial charge in [-0.25, -0.2) is 8.78 Å². The van der Waals surface area contributed by atoms with Crippen molar-refractivity contribution in [2.45, 2.75) is 13.5 Å². The molecule has 0 heterocycles. The first kappa shape index (κ1) is 13.6. The summed E-state index contributed by atoms with van der Waals surface area (Å²) in [7, 11) is 1.32. The molecule has 1 atom stereocenters. The van der Waals surface area contributed by atoms with Crippen molar-refractivity contribution in [1.82, 2.24) is 5.32 Å². The zero-order valence-corrected chi connectivity index (χ0v) is 9.80. The van der Waals surface area contributed by atoms with E-state index in [1.807, 2.05) is 0 Å². The van der Waals surface area contributed by atoms with E-state index < -0.39 is 11.6 Å². The maximum Gasteiger partial charge on any atom is 0.309 e. The standard InChI is InChI=1S/C12H15F2NO2/c1-8(12(16)17-2)6-15-7-9-3-4-10(13)5-11(9)14/h3-5,8,15H,6-7H2,1-2H3. The minimum absolute atomic E-state index is 0.243. The van der Waals surface area contributed by atoms with Crippen LogP contribution in [0.4, 0.5) is 8.78 Å². The summed E-state index contributed by atoms with van der Waals surface area (Å²) >= 11 is 0. The number of methoxy groups -OCH3 is 1. The zero-order chi connectivity index (χ0) is 12.8. The number of carbonyl (C=O) groups is 1.